The van der Waals surface area contributed by atoms with Gasteiger partial charge in [-0.15, -0.1) is 0 Å². The third-order valence-electron chi connectivity index (χ3n) is 3.06. The predicted molar refractivity (Wildman–Crippen MR) is 62.2 cm³/mol. The van der Waals surface area contributed by atoms with Gasteiger partial charge in [-0.05, 0) is 45.0 Å². The van der Waals surface area contributed by atoms with Gasteiger partial charge >= 0.3 is 0 Å². The van der Waals surface area contributed by atoms with E-state index in [2.05, 4.69) is 22.5 Å². The maximum atomic E-state index is 12.0. The number of nitrogens with zero attached hydrogens (tertiary/aromatic N) is 1. The number of pyridine rings is 1. The average molecular weight is 219 g/mol. The Morgan fingerprint density at radius 1 is 1.38 bits per heavy atom. The predicted octanol–water partition coefficient (Wildman–Crippen LogP) is 0.953. The first-order valence-electron chi connectivity index (χ1n) is 5.63. The molecule has 0 aromatic carbocycles. The molecule has 0 bridgehead atoms. The van der Waals surface area contributed by atoms with Gasteiger partial charge in [0.05, 0.1) is 0 Å². The maximum Gasteiger partial charge on any atom is 0.251 e. The summed E-state index contributed by atoms with van der Waals surface area (Å²) in [5.41, 5.74) is 0.598. The minimum atomic E-state index is -0.0778. The highest BCUT2D eigenvalue weighted by atomic mass is 16.1. The van der Waals surface area contributed by atoms with E-state index in [9.17, 15) is 4.79 Å². The van der Waals surface area contributed by atoms with Gasteiger partial charge in [-0.2, -0.15) is 0 Å². The molecule has 0 spiro atoms. The summed E-state index contributed by atoms with van der Waals surface area (Å²) in [5.74, 6) is -0.00759. The number of rotatable bonds is 2. The zero-order chi connectivity index (χ0) is 11.4. The number of piperidine rings is 1. The molecular formula is C12H17N3O. The Balaban J connectivity index is 2.01. The van der Waals surface area contributed by atoms with Crippen LogP contribution in [0.25, 0.3) is 0 Å². The van der Waals surface area contributed by atoms with Gasteiger partial charge in [0, 0.05) is 23.5 Å². The molecule has 2 N–H and O–H groups in total. The van der Waals surface area contributed by atoms with Gasteiger partial charge < -0.3 is 10.6 Å². The lowest BCUT2D eigenvalue weighted by Gasteiger charge is -2.35. The Bertz CT molecular complexity index is 358. The fourth-order valence-corrected chi connectivity index (χ4v) is 1.95. The van der Waals surface area contributed by atoms with E-state index >= 15 is 0 Å². The van der Waals surface area contributed by atoms with Crippen molar-refractivity contribution >= 4 is 5.91 Å². The first kappa shape index (κ1) is 11.1. The van der Waals surface area contributed by atoms with Crippen LogP contribution in [-0.2, 0) is 0 Å². The lowest BCUT2D eigenvalue weighted by atomic mass is 9.90. The summed E-state index contributed by atoms with van der Waals surface area (Å²) in [6, 6.07) is 3.47. The monoisotopic (exact) mass is 219 g/mol. The van der Waals surface area contributed by atoms with E-state index in [-0.39, 0.29) is 11.4 Å². The van der Waals surface area contributed by atoms with Crippen LogP contribution in [0.2, 0.25) is 0 Å². The lowest BCUT2D eigenvalue weighted by Crippen LogP contribution is -2.52. The van der Waals surface area contributed by atoms with Crippen LogP contribution in [0, 0.1) is 0 Å². The van der Waals surface area contributed by atoms with E-state index in [1.165, 1.54) is 0 Å². The Kier molecular flexibility index (Phi) is 3.19. The molecule has 1 fully saturated rings. The summed E-state index contributed by atoms with van der Waals surface area (Å²) in [4.78, 5) is 15.9. The maximum absolute atomic E-state index is 12.0. The van der Waals surface area contributed by atoms with Gasteiger partial charge in [-0.25, -0.2) is 0 Å². The average Bonchev–Trinajstić information content (AvgIpc) is 2.30. The summed E-state index contributed by atoms with van der Waals surface area (Å²) in [7, 11) is 0. The second-order valence-corrected chi connectivity index (χ2v) is 4.50. The quantitative estimate of drug-likeness (QED) is 0.778. The van der Waals surface area contributed by atoms with Crippen molar-refractivity contribution in [2.24, 2.45) is 0 Å². The molecule has 2 rings (SSSR count). The third kappa shape index (κ3) is 2.58. The fraction of sp³-hybridized carbons (Fsp3) is 0.500. The van der Waals surface area contributed by atoms with Crippen molar-refractivity contribution in [3.05, 3.63) is 30.1 Å². The second-order valence-electron chi connectivity index (χ2n) is 4.50. The zero-order valence-electron chi connectivity index (χ0n) is 9.49. The van der Waals surface area contributed by atoms with Gasteiger partial charge in [0.15, 0.2) is 0 Å². The minimum Gasteiger partial charge on any atom is -0.347 e. The summed E-state index contributed by atoms with van der Waals surface area (Å²) >= 11 is 0. The second kappa shape index (κ2) is 4.61. The molecule has 1 aromatic heterocycles. The van der Waals surface area contributed by atoms with Crippen LogP contribution in [-0.4, -0.2) is 29.5 Å². The molecule has 0 saturated carbocycles. The van der Waals surface area contributed by atoms with Crippen molar-refractivity contribution in [1.29, 1.82) is 0 Å². The molecule has 0 radical (unpaired) electrons. The largest absolute Gasteiger partial charge is 0.347 e. The topological polar surface area (TPSA) is 54.0 Å². The van der Waals surface area contributed by atoms with Crippen molar-refractivity contribution in [1.82, 2.24) is 15.6 Å². The first-order chi connectivity index (χ1) is 7.70. The van der Waals surface area contributed by atoms with Crippen molar-refractivity contribution in [3.63, 3.8) is 0 Å². The number of carbonyl (C=O) groups is 1. The number of aromatic nitrogens is 1. The molecule has 1 aliphatic rings. The standard InChI is InChI=1S/C12H17N3O/c1-12(4-8-14-9-5-12)15-11(16)10-2-6-13-7-3-10/h2-3,6-7,14H,4-5,8-9H2,1H3,(H,15,16). The molecule has 1 saturated heterocycles. The Hall–Kier alpha value is -1.42. The number of amides is 1. The van der Waals surface area contributed by atoms with Gasteiger partial charge in [0.1, 0.15) is 0 Å². The molecular weight excluding hydrogens is 202 g/mol. The fourth-order valence-electron chi connectivity index (χ4n) is 1.95. The van der Waals surface area contributed by atoms with Crippen LogP contribution in [0.3, 0.4) is 0 Å². The summed E-state index contributed by atoms with van der Waals surface area (Å²) in [5, 5.41) is 6.40. The Morgan fingerprint density at radius 3 is 2.62 bits per heavy atom. The molecule has 0 atom stereocenters. The van der Waals surface area contributed by atoms with Gasteiger partial charge in [-0.1, -0.05) is 0 Å². The van der Waals surface area contributed by atoms with Gasteiger partial charge in [0.2, 0.25) is 0 Å². The normalized spacial score (nSPS) is 19.1. The lowest BCUT2D eigenvalue weighted by molar-refractivity contribution is 0.0887. The molecule has 2 heterocycles. The smallest absolute Gasteiger partial charge is 0.251 e. The van der Waals surface area contributed by atoms with Crippen LogP contribution in [0.5, 0.6) is 0 Å². The summed E-state index contributed by atoms with van der Waals surface area (Å²) < 4.78 is 0. The molecule has 4 heteroatoms. The van der Waals surface area contributed by atoms with E-state index < -0.39 is 0 Å². The summed E-state index contributed by atoms with van der Waals surface area (Å²) in [6.45, 7) is 4.03. The Morgan fingerprint density at radius 2 is 2.00 bits per heavy atom. The number of hydrogen-bond acceptors (Lipinski definition) is 3. The molecule has 0 aliphatic carbocycles. The number of nitrogens with one attached hydrogen (secondary N) is 2. The minimum absolute atomic E-state index is 0.00759. The molecule has 1 aliphatic heterocycles. The van der Waals surface area contributed by atoms with Crippen molar-refractivity contribution in [2.75, 3.05) is 13.1 Å². The first-order valence-corrected chi connectivity index (χ1v) is 5.63. The van der Waals surface area contributed by atoms with Gasteiger partial charge in [-0.3, -0.25) is 9.78 Å². The highest BCUT2D eigenvalue weighted by molar-refractivity contribution is 5.94. The van der Waals surface area contributed by atoms with E-state index in [0.29, 0.717) is 5.56 Å². The van der Waals surface area contributed by atoms with Crippen molar-refractivity contribution < 1.29 is 4.79 Å². The van der Waals surface area contributed by atoms with Crippen LogP contribution in [0.1, 0.15) is 30.1 Å². The Labute approximate surface area is 95.5 Å². The molecule has 86 valence electrons. The van der Waals surface area contributed by atoms with Crippen molar-refractivity contribution in [3.8, 4) is 0 Å². The number of carbonyl (C=O) groups excluding carboxylic acids is 1. The zero-order valence-corrected chi connectivity index (χ0v) is 9.49. The highest BCUT2D eigenvalue weighted by Gasteiger charge is 2.28. The number of hydrogen-bond donors (Lipinski definition) is 2. The summed E-state index contributed by atoms with van der Waals surface area (Å²) in [6.07, 6.45) is 5.23. The molecule has 1 aromatic rings. The van der Waals surface area contributed by atoms with Crippen LogP contribution in [0.4, 0.5) is 0 Å². The van der Waals surface area contributed by atoms with E-state index in [1.807, 2.05) is 0 Å². The van der Waals surface area contributed by atoms with E-state index in [1.54, 1.807) is 24.5 Å². The van der Waals surface area contributed by atoms with Crippen LogP contribution < -0.4 is 10.6 Å². The molecule has 4 nitrogen and oxygen atoms in total. The molecule has 16 heavy (non-hydrogen) atoms. The van der Waals surface area contributed by atoms with E-state index in [4.69, 9.17) is 0 Å². The van der Waals surface area contributed by atoms with Crippen molar-refractivity contribution in [2.45, 2.75) is 25.3 Å². The molecule has 0 unspecified atom stereocenters. The SMILES string of the molecule is CC1(NC(=O)c2ccncc2)CCNCC1. The van der Waals surface area contributed by atoms with Crippen LogP contribution in [0.15, 0.2) is 24.5 Å². The van der Waals surface area contributed by atoms with E-state index in [0.717, 1.165) is 25.9 Å². The highest BCUT2D eigenvalue weighted by Crippen LogP contribution is 2.17. The third-order valence-corrected chi connectivity index (χ3v) is 3.06. The molecule has 1 amide bonds. The van der Waals surface area contributed by atoms with Gasteiger partial charge in [0.25, 0.3) is 5.91 Å². The van der Waals surface area contributed by atoms with Crippen LogP contribution >= 0.6 is 0 Å².